The molecule has 0 aromatic rings. The Hall–Kier alpha value is 0.230. The molecule has 0 unspecified atom stereocenters. The Morgan fingerprint density at radius 2 is 0.929 bits per heavy atom. The van der Waals surface area contributed by atoms with E-state index in [1.165, 1.54) is 9.34 Å². The van der Waals surface area contributed by atoms with Crippen molar-refractivity contribution in [3.8, 4) is 0 Å². The van der Waals surface area contributed by atoms with Crippen LogP contribution in [0.15, 0.2) is 0 Å². The quantitative estimate of drug-likeness (QED) is 0.586. The van der Waals surface area contributed by atoms with Gasteiger partial charge in [0.1, 0.15) is 0 Å². The van der Waals surface area contributed by atoms with Crippen molar-refractivity contribution in [3.63, 3.8) is 0 Å². The van der Waals surface area contributed by atoms with Crippen LogP contribution < -0.4 is 0 Å². The predicted octanol–water partition coefficient (Wildman–Crippen LogP) is 0.283. The van der Waals surface area contributed by atoms with Gasteiger partial charge in [0.25, 0.3) is 0 Å². The third kappa shape index (κ3) is 1.69. The van der Waals surface area contributed by atoms with Crippen molar-refractivity contribution >= 4 is 7.59 Å². The van der Waals surface area contributed by atoms with Crippen LogP contribution >= 0.6 is 7.59 Å². The van der Waals surface area contributed by atoms with E-state index in [2.05, 4.69) is 0 Å². The molecule has 2 aliphatic heterocycles. The molecule has 6 heteroatoms. The molecule has 0 saturated carbocycles. The van der Waals surface area contributed by atoms with Gasteiger partial charge in [0, 0.05) is 0 Å². The zero-order valence-corrected chi connectivity index (χ0v) is 9.23. The minimum absolute atomic E-state index is 0.595. The minimum atomic E-state index is -4.64. The molecule has 0 atom stereocenters. The Morgan fingerprint density at radius 3 is 1.21 bits per heavy atom. The Labute approximate surface area is 84.2 Å². The summed E-state index contributed by atoms with van der Waals surface area (Å²) < 4.78 is 2.94. The molecule has 2 saturated heterocycles. The van der Waals surface area contributed by atoms with Gasteiger partial charge in [0.2, 0.25) is 0 Å². The normalized spacial score (nSPS) is 29.2. The fourth-order valence-corrected chi connectivity index (χ4v) is 4.65. The predicted molar refractivity (Wildman–Crippen MR) is 55.2 cm³/mol. The summed E-state index contributed by atoms with van der Waals surface area (Å²) in [6.07, 6.45) is 3.75. The summed E-state index contributed by atoms with van der Waals surface area (Å²) in [5.74, 6) is 0. The van der Waals surface area contributed by atoms with Crippen molar-refractivity contribution < 1.29 is 14.7 Å². The van der Waals surface area contributed by atoms with Gasteiger partial charge in [-0.15, -0.1) is 0 Å². The average molecular weight is 222 g/mol. The summed E-state index contributed by atoms with van der Waals surface area (Å²) in [6, 6.07) is 0. The second kappa shape index (κ2) is 3.37. The van der Waals surface area contributed by atoms with Crippen LogP contribution in [0.2, 0.25) is 0 Å². The van der Waals surface area contributed by atoms with Crippen LogP contribution in [0.1, 0.15) is 25.7 Å². The van der Waals surface area contributed by atoms with Crippen LogP contribution in [0.5, 0.6) is 0 Å². The second-order valence-electron chi connectivity index (χ2n) is 4.22. The average Bonchev–Trinajstić information content (AvgIpc) is 2.78. The molecule has 2 fully saturated rings. The van der Waals surface area contributed by atoms with Crippen LogP contribution in [-0.2, 0) is 0 Å². The number of nitrogens with zero attached hydrogens (tertiary/aromatic N) is 2. The molecular formula is C8H19N2O3P. The van der Waals surface area contributed by atoms with Gasteiger partial charge >= 0.3 is 83.5 Å². The molecule has 0 spiro atoms. The number of hydrogen-bond acceptors (Lipinski definition) is 5. The van der Waals surface area contributed by atoms with Crippen molar-refractivity contribution in [2.75, 3.05) is 26.2 Å². The van der Waals surface area contributed by atoms with Crippen LogP contribution in [-0.4, -0.2) is 50.2 Å². The van der Waals surface area contributed by atoms with E-state index in [0.29, 0.717) is 26.2 Å². The van der Waals surface area contributed by atoms with E-state index in [0.717, 1.165) is 25.7 Å². The maximum atomic E-state index is 10.1. The van der Waals surface area contributed by atoms with Gasteiger partial charge in [-0.2, -0.15) is 0 Å². The molecular weight excluding hydrogens is 203 g/mol. The van der Waals surface area contributed by atoms with E-state index < -0.39 is 7.59 Å². The number of hydrogen-bond donors (Lipinski definition) is 3. The van der Waals surface area contributed by atoms with Crippen LogP contribution in [0.3, 0.4) is 0 Å². The first-order valence-electron chi connectivity index (χ1n) is 5.26. The second-order valence-corrected chi connectivity index (χ2v) is 7.14. The van der Waals surface area contributed by atoms with Gasteiger partial charge < -0.3 is 0 Å². The first-order valence-corrected chi connectivity index (χ1v) is 7.26. The summed E-state index contributed by atoms with van der Waals surface area (Å²) in [4.78, 5) is 30.2. The monoisotopic (exact) mass is 222 g/mol. The molecule has 5 nitrogen and oxygen atoms in total. The Kier molecular flexibility index (Phi) is 2.59. The first-order chi connectivity index (χ1) is 6.49. The van der Waals surface area contributed by atoms with Crippen LogP contribution in [0.4, 0.5) is 0 Å². The summed E-state index contributed by atoms with van der Waals surface area (Å²) in [7, 11) is -4.64. The zero-order chi connectivity index (χ0) is 10.3. The SMILES string of the molecule is OP(O)(O)(N1CCCC1)N1CCCC1. The van der Waals surface area contributed by atoms with Gasteiger partial charge in [0.05, 0.1) is 0 Å². The summed E-state index contributed by atoms with van der Waals surface area (Å²) in [6.45, 7) is 2.38. The molecule has 0 amide bonds. The summed E-state index contributed by atoms with van der Waals surface area (Å²) in [5, 5.41) is 0. The molecule has 2 heterocycles. The Morgan fingerprint density at radius 1 is 0.643 bits per heavy atom. The van der Waals surface area contributed by atoms with Crippen molar-refractivity contribution in [2.45, 2.75) is 25.7 Å². The van der Waals surface area contributed by atoms with E-state index in [1.54, 1.807) is 0 Å². The molecule has 0 aromatic heterocycles. The van der Waals surface area contributed by atoms with Crippen LogP contribution in [0.25, 0.3) is 0 Å². The molecule has 0 aliphatic carbocycles. The molecule has 2 aliphatic rings. The Bertz CT molecular complexity index is 196. The standard InChI is InChI=1S/C8H19N2O3P/c11-14(12,13,9-5-1-2-6-9)10-7-3-4-8-10/h11-13H,1-8H2. The van der Waals surface area contributed by atoms with Crippen molar-refractivity contribution in [2.24, 2.45) is 0 Å². The van der Waals surface area contributed by atoms with Gasteiger partial charge in [-0.3, -0.25) is 0 Å². The van der Waals surface area contributed by atoms with Gasteiger partial charge in [-0.05, 0) is 0 Å². The van der Waals surface area contributed by atoms with Crippen molar-refractivity contribution in [1.82, 2.24) is 9.34 Å². The van der Waals surface area contributed by atoms with E-state index in [-0.39, 0.29) is 0 Å². The van der Waals surface area contributed by atoms with Gasteiger partial charge in [-0.25, -0.2) is 0 Å². The fraction of sp³-hybridized carbons (Fsp3) is 1.00. The van der Waals surface area contributed by atoms with E-state index in [1.807, 2.05) is 0 Å². The maximum absolute atomic E-state index is 10.1. The molecule has 14 heavy (non-hydrogen) atoms. The topological polar surface area (TPSA) is 67.2 Å². The molecule has 0 radical (unpaired) electrons. The summed E-state index contributed by atoms with van der Waals surface area (Å²) >= 11 is 0. The van der Waals surface area contributed by atoms with Crippen molar-refractivity contribution in [1.29, 1.82) is 0 Å². The molecule has 84 valence electrons. The van der Waals surface area contributed by atoms with E-state index in [9.17, 15) is 14.7 Å². The van der Waals surface area contributed by atoms with E-state index >= 15 is 0 Å². The molecule has 0 bridgehead atoms. The third-order valence-corrected chi connectivity index (χ3v) is 6.00. The first kappa shape index (κ1) is 10.7. The molecule has 0 aromatic carbocycles. The van der Waals surface area contributed by atoms with Gasteiger partial charge in [-0.1, -0.05) is 0 Å². The van der Waals surface area contributed by atoms with E-state index in [4.69, 9.17) is 0 Å². The van der Waals surface area contributed by atoms with Crippen LogP contribution in [0, 0.1) is 0 Å². The third-order valence-electron chi connectivity index (χ3n) is 3.18. The van der Waals surface area contributed by atoms with Gasteiger partial charge in [0.15, 0.2) is 0 Å². The Balaban J connectivity index is 2.15. The zero-order valence-electron chi connectivity index (χ0n) is 8.34. The molecule has 2 rings (SSSR count). The summed E-state index contributed by atoms with van der Waals surface area (Å²) in [5.41, 5.74) is 0. The fourth-order valence-electron chi connectivity index (χ4n) is 2.30. The molecule has 3 N–H and O–H groups in total. The number of rotatable bonds is 2. The van der Waals surface area contributed by atoms with Crippen molar-refractivity contribution in [3.05, 3.63) is 0 Å².